The average Bonchev–Trinajstić information content (AvgIpc) is 2.69. The Labute approximate surface area is 181 Å². The molecule has 1 saturated heterocycles. The molecule has 2 atom stereocenters. The zero-order valence-corrected chi connectivity index (χ0v) is 18.2. The Morgan fingerprint density at radius 2 is 1.90 bits per heavy atom. The first-order valence-corrected chi connectivity index (χ1v) is 10.5. The lowest BCUT2D eigenvalue weighted by atomic mass is 9.99. The molecule has 168 valence electrons. The van der Waals surface area contributed by atoms with E-state index in [-0.39, 0.29) is 37.1 Å². The molecule has 0 saturated carbocycles. The van der Waals surface area contributed by atoms with E-state index in [0.717, 1.165) is 17.7 Å². The predicted octanol–water partition coefficient (Wildman–Crippen LogP) is 4.37. The Morgan fingerprint density at radius 3 is 2.52 bits per heavy atom. The fourth-order valence-electron chi connectivity index (χ4n) is 3.85. The molecule has 7 heteroatoms. The summed E-state index contributed by atoms with van der Waals surface area (Å²) in [4.78, 5) is 16.5. The second-order valence-corrected chi connectivity index (χ2v) is 8.38. The third-order valence-corrected chi connectivity index (χ3v) is 5.44. The summed E-state index contributed by atoms with van der Waals surface area (Å²) >= 11 is 0. The topological polar surface area (TPSA) is 32.8 Å². The van der Waals surface area contributed by atoms with Gasteiger partial charge in [0.2, 0.25) is 5.91 Å². The van der Waals surface area contributed by atoms with Crippen molar-refractivity contribution in [3.05, 3.63) is 65.2 Å². The van der Waals surface area contributed by atoms with Crippen LogP contribution in [0.4, 0.5) is 13.2 Å². The van der Waals surface area contributed by atoms with Gasteiger partial charge in [-0.3, -0.25) is 4.79 Å². The lowest BCUT2D eigenvalue weighted by molar-refractivity contribution is -0.136. The predicted molar refractivity (Wildman–Crippen MR) is 114 cm³/mol. The summed E-state index contributed by atoms with van der Waals surface area (Å²) < 4.78 is 48.1. The van der Waals surface area contributed by atoms with Crippen molar-refractivity contribution in [2.75, 3.05) is 20.1 Å². The quantitative estimate of drug-likeness (QED) is 0.649. The summed E-state index contributed by atoms with van der Waals surface area (Å²) in [6, 6.07) is 9.77. The molecule has 1 aliphatic rings. The lowest BCUT2D eigenvalue weighted by Gasteiger charge is -2.39. The van der Waals surface area contributed by atoms with Crippen LogP contribution >= 0.6 is 0 Å². The first-order chi connectivity index (χ1) is 14.7. The van der Waals surface area contributed by atoms with E-state index in [1.165, 1.54) is 11.0 Å². The van der Waals surface area contributed by atoms with Gasteiger partial charge in [0, 0.05) is 31.3 Å². The number of alkyl halides is 1. The standard InChI is InChI=1S/C24H29F3N2O2/c1-16(2)31-20-8-4-17(5-9-20)12-24(30)29(23-10-11-28(3)15-22(23)27)14-18-6-7-19(25)13-21(18)26/h4-9,13,16,22-23H,10-12,14-15H2,1-3H3. The van der Waals surface area contributed by atoms with Crippen LogP contribution in [0.25, 0.3) is 0 Å². The Balaban J connectivity index is 1.80. The van der Waals surface area contributed by atoms with Gasteiger partial charge in [-0.15, -0.1) is 0 Å². The normalized spacial score (nSPS) is 19.5. The monoisotopic (exact) mass is 434 g/mol. The van der Waals surface area contributed by atoms with Gasteiger partial charge in [0.05, 0.1) is 18.6 Å². The van der Waals surface area contributed by atoms with E-state index in [0.29, 0.717) is 18.7 Å². The van der Waals surface area contributed by atoms with Crippen LogP contribution in [0.3, 0.4) is 0 Å². The summed E-state index contributed by atoms with van der Waals surface area (Å²) in [6.45, 7) is 4.61. The number of ether oxygens (including phenoxy) is 1. The maximum absolute atomic E-state index is 14.9. The van der Waals surface area contributed by atoms with Crippen LogP contribution in [0.5, 0.6) is 5.75 Å². The maximum Gasteiger partial charge on any atom is 0.227 e. The van der Waals surface area contributed by atoms with Gasteiger partial charge >= 0.3 is 0 Å². The van der Waals surface area contributed by atoms with Crippen LogP contribution in [-0.4, -0.2) is 54.2 Å². The van der Waals surface area contributed by atoms with Crippen LogP contribution in [-0.2, 0) is 17.8 Å². The molecule has 31 heavy (non-hydrogen) atoms. The van der Waals surface area contributed by atoms with Crippen LogP contribution in [0, 0.1) is 11.6 Å². The summed E-state index contributed by atoms with van der Waals surface area (Å²) in [5, 5.41) is 0. The molecule has 2 aromatic rings. The fraction of sp³-hybridized carbons (Fsp3) is 0.458. The minimum atomic E-state index is -1.24. The van der Waals surface area contributed by atoms with Crippen LogP contribution in [0.15, 0.2) is 42.5 Å². The first kappa shape index (κ1) is 23.1. The smallest absolute Gasteiger partial charge is 0.227 e. The minimum Gasteiger partial charge on any atom is -0.491 e. The number of hydrogen-bond donors (Lipinski definition) is 0. The van der Waals surface area contributed by atoms with Crippen molar-refractivity contribution in [3.8, 4) is 5.75 Å². The zero-order chi connectivity index (χ0) is 22.5. The SMILES string of the molecule is CC(C)Oc1ccc(CC(=O)N(Cc2ccc(F)cc2F)C2CCN(C)CC2F)cc1. The van der Waals surface area contributed by atoms with Crippen molar-refractivity contribution in [2.24, 2.45) is 0 Å². The Hall–Kier alpha value is -2.54. The third-order valence-electron chi connectivity index (χ3n) is 5.44. The van der Waals surface area contributed by atoms with Gasteiger partial charge in [0.25, 0.3) is 0 Å². The molecule has 4 nitrogen and oxygen atoms in total. The van der Waals surface area contributed by atoms with Crippen molar-refractivity contribution in [1.29, 1.82) is 0 Å². The summed E-state index contributed by atoms with van der Waals surface area (Å²) in [7, 11) is 1.83. The molecule has 1 amide bonds. The van der Waals surface area contributed by atoms with Crippen molar-refractivity contribution in [2.45, 2.75) is 51.6 Å². The van der Waals surface area contributed by atoms with E-state index in [4.69, 9.17) is 4.74 Å². The molecule has 2 aromatic carbocycles. The van der Waals surface area contributed by atoms with Gasteiger partial charge in [-0.2, -0.15) is 0 Å². The molecular formula is C24H29F3N2O2. The van der Waals surface area contributed by atoms with E-state index < -0.39 is 23.8 Å². The molecule has 1 aliphatic heterocycles. The number of benzene rings is 2. The summed E-state index contributed by atoms with van der Waals surface area (Å²) in [6.07, 6.45) is -0.690. The average molecular weight is 435 g/mol. The minimum absolute atomic E-state index is 0.0412. The Bertz CT molecular complexity index is 889. The number of nitrogens with zero attached hydrogens (tertiary/aromatic N) is 2. The molecular weight excluding hydrogens is 405 g/mol. The second-order valence-electron chi connectivity index (χ2n) is 8.38. The fourth-order valence-corrected chi connectivity index (χ4v) is 3.85. The third kappa shape index (κ3) is 6.23. The van der Waals surface area contributed by atoms with Crippen LogP contribution < -0.4 is 4.74 Å². The number of likely N-dealkylation sites (tertiary alicyclic amines) is 1. The van der Waals surface area contributed by atoms with Crippen molar-refractivity contribution in [1.82, 2.24) is 9.80 Å². The highest BCUT2D eigenvalue weighted by Crippen LogP contribution is 2.24. The van der Waals surface area contributed by atoms with Crippen molar-refractivity contribution < 1.29 is 22.7 Å². The molecule has 1 fully saturated rings. The Morgan fingerprint density at radius 1 is 1.19 bits per heavy atom. The highest BCUT2D eigenvalue weighted by Gasteiger charge is 2.35. The summed E-state index contributed by atoms with van der Waals surface area (Å²) in [5.41, 5.74) is 0.926. The molecule has 2 unspecified atom stereocenters. The molecule has 0 radical (unpaired) electrons. The van der Waals surface area contributed by atoms with Gasteiger partial charge in [0.15, 0.2) is 0 Å². The number of hydrogen-bond acceptors (Lipinski definition) is 3. The number of carbonyl (C=O) groups is 1. The van der Waals surface area contributed by atoms with E-state index in [2.05, 4.69) is 0 Å². The van der Waals surface area contributed by atoms with Crippen LogP contribution in [0.1, 0.15) is 31.4 Å². The number of carbonyl (C=O) groups excluding carboxylic acids is 1. The van der Waals surface area contributed by atoms with Crippen molar-refractivity contribution >= 4 is 5.91 Å². The number of rotatable bonds is 7. The molecule has 0 aromatic heterocycles. The zero-order valence-electron chi connectivity index (χ0n) is 18.2. The molecule has 0 bridgehead atoms. The van der Waals surface area contributed by atoms with Crippen molar-refractivity contribution in [3.63, 3.8) is 0 Å². The second kappa shape index (κ2) is 10.2. The number of piperidine rings is 1. The molecule has 3 rings (SSSR count). The molecule has 0 aliphatic carbocycles. The highest BCUT2D eigenvalue weighted by atomic mass is 19.1. The van der Waals surface area contributed by atoms with Gasteiger partial charge in [-0.25, -0.2) is 13.2 Å². The van der Waals surface area contributed by atoms with Crippen LogP contribution in [0.2, 0.25) is 0 Å². The van der Waals surface area contributed by atoms with Gasteiger partial charge in [-0.05, 0) is 51.1 Å². The first-order valence-electron chi connectivity index (χ1n) is 10.5. The van der Waals surface area contributed by atoms with Gasteiger partial charge < -0.3 is 14.5 Å². The maximum atomic E-state index is 14.9. The van der Waals surface area contributed by atoms with E-state index in [1.807, 2.05) is 25.8 Å². The lowest BCUT2D eigenvalue weighted by Crippen LogP contribution is -2.53. The number of amides is 1. The summed E-state index contributed by atoms with van der Waals surface area (Å²) in [5.74, 6) is -1.02. The largest absolute Gasteiger partial charge is 0.491 e. The molecule has 0 spiro atoms. The van der Waals surface area contributed by atoms with Gasteiger partial charge in [-0.1, -0.05) is 18.2 Å². The van der Waals surface area contributed by atoms with E-state index in [1.54, 1.807) is 24.3 Å². The highest BCUT2D eigenvalue weighted by molar-refractivity contribution is 5.79. The Kier molecular flexibility index (Phi) is 7.59. The van der Waals surface area contributed by atoms with Gasteiger partial charge in [0.1, 0.15) is 23.6 Å². The van der Waals surface area contributed by atoms with E-state index >= 15 is 0 Å². The van der Waals surface area contributed by atoms with E-state index in [9.17, 15) is 18.0 Å². The molecule has 1 heterocycles. The number of halogens is 3. The molecule has 0 N–H and O–H groups in total.